The fraction of sp³-hybridized carbons (Fsp3) is 0.160. The van der Waals surface area contributed by atoms with Gasteiger partial charge in [0.05, 0.1) is 11.3 Å². The molecule has 0 fully saturated rings. The molecule has 0 aliphatic carbocycles. The number of hydrogen-bond acceptors (Lipinski definition) is 5. The largest absolute Gasteiger partial charge is 0.573 e. The third-order valence-electron chi connectivity index (χ3n) is 4.85. The molecule has 0 amide bonds. The molecule has 0 spiro atoms. The molecule has 40 heavy (non-hydrogen) atoms. The molecule has 0 saturated heterocycles. The Hall–Kier alpha value is -4.69. The van der Waals surface area contributed by atoms with Crippen molar-refractivity contribution >= 4 is 30.0 Å². The molecule has 1 unspecified atom stereocenters. The number of alkyl halides is 3. The smallest absolute Gasteiger partial charge is 0.460 e. The number of amidine groups is 1. The van der Waals surface area contributed by atoms with Gasteiger partial charge in [-0.3, -0.25) is 4.79 Å². The highest BCUT2D eigenvalue weighted by molar-refractivity contribution is 6.01. The lowest BCUT2D eigenvalue weighted by Gasteiger charge is -2.13. The van der Waals surface area contributed by atoms with E-state index >= 15 is 0 Å². The number of nitrogens with two attached hydrogens (primary N) is 1. The molecule has 3 N–H and O–H groups in total. The molecule has 0 bridgehead atoms. The van der Waals surface area contributed by atoms with E-state index in [1.807, 2.05) is 31.3 Å². The van der Waals surface area contributed by atoms with E-state index in [0.29, 0.717) is 5.69 Å². The van der Waals surface area contributed by atoms with Gasteiger partial charge < -0.3 is 20.5 Å². The van der Waals surface area contributed by atoms with E-state index in [-0.39, 0.29) is 18.1 Å². The van der Waals surface area contributed by atoms with Crippen LogP contribution in [0.3, 0.4) is 0 Å². The van der Waals surface area contributed by atoms with Crippen LogP contribution in [0.25, 0.3) is 0 Å². The molecule has 0 radical (unpaired) electrons. The second kappa shape index (κ2) is 13.9. The van der Waals surface area contributed by atoms with Crippen LogP contribution in [0, 0.1) is 29.1 Å². The Morgan fingerprint density at radius 2 is 1.43 bits per heavy atom. The van der Waals surface area contributed by atoms with Gasteiger partial charge >= 0.3 is 6.36 Å². The van der Waals surface area contributed by atoms with Crippen molar-refractivity contribution in [1.82, 2.24) is 0 Å². The zero-order chi connectivity index (χ0) is 30.0. The van der Waals surface area contributed by atoms with Crippen LogP contribution < -0.4 is 15.8 Å². The molecule has 0 aliphatic rings. The van der Waals surface area contributed by atoms with E-state index < -0.39 is 47.1 Å². The Kier molecular flexibility index (Phi) is 11.0. The van der Waals surface area contributed by atoms with Crippen molar-refractivity contribution in [2.75, 3.05) is 12.4 Å². The number of benzene rings is 3. The molecular weight excluding hydrogens is 556 g/mol. The molecule has 0 saturated carbocycles. The Balaban J connectivity index is 0.000000305. The fourth-order valence-electron chi connectivity index (χ4n) is 2.90. The van der Waals surface area contributed by atoms with Gasteiger partial charge in [0.25, 0.3) is 6.47 Å². The highest BCUT2D eigenvalue weighted by Gasteiger charge is 2.31. The zero-order valence-corrected chi connectivity index (χ0v) is 20.6. The first-order valence-corrected chi connectivity index (χ1v) is 10.9. The minimum absolute atomic E-state index is 0.150. The predicted octanol–water partition coefficient (Wildman–Crippen LogP) is 6.31. The summed E-state index contributed by atoms with van der Waals surface area (Å²) in [6.45, 7) is 0.829. The standard InChI is InChI=1S/C16H15F3N4O.C9H5F5O2/c1-21-12-4-2-11(3-5-12)15(20)23-10-22-13-6-8-14(9-7-13)24-16(17,18)19;1-3(16-2-15)4-5(10)7(12)9(14)8(13)6(4)11/h2-10,21H,1H3,(H2,20,22,23);2-3H,1H3. The summed E-state index contributed by atoms with van der Waals surface area (Å²) in [5.41, 5.74) is 6.76. The zero-order valence-electron chi connectivity index (χ0n) is 20.6. The topological polar surface area (TPSA) is 98.3 Å². The van der Waals surface area contributed by atoms with Crippen molar-refractivity contribution in [3.8, 4) is 5.75 Å². The Morgan fingerprint density at radius 3 is 1.90 bits per heavy atom. The molecule has 1 atom stereocenters. The molecule has 0 aromatic heterocycles. The average Bonchev–Trinajstić information content (AvgIpc) is 2.91. The van der Waals surface area contributed by atoms with Gasteiger partial charge in [0.1, 0.15) is 24.0 Å². The van der Waals surface area contributed by atoms with E-state index in [2.05, 4.69) is 24.8 Å². The van der Waals surface area contributed by atoms with Crippen LogP contribution >= 0.6 is 0 Å². The van der Waals surface area contributed by atoms with Crippen LogP contribution in [0.4, 0.5) is 46.5 Å². The fourth-order valence-corrected chi connectivity index (χ4v) is 2.90. The van der Waals surface area contributed by atoms with Crippen molar-refractivity contribution in [2.24, 2.45) is 15.7 Å². The van der Waals surface area contributed by atoms with Gasteiger partial charge in [-0.15, -0.1) is 13.2 Å². The summed E-state index contributed by atoms with van der Waals surface area (Å²) in [7, 11) is 1.81. The van der Waals surface area contributed by atoms with Gasteiger partial charge in [0, 0.05) is 18.3 Å². The van der Waals surface area contributed by atoms with E-state index in [9.17, 15) is 39.9 Å². The number of nitrogens with one attached hydrogen (secondary N) is 1. The summed E-state index contributed by atoms with van der Waals surface area (Å²) < 4.78 is 108. The van der Waals surface area contributed by atoms with Crippen molar-refractivity contribution in [3.05, 3.63) is 88.7 Å². The monoisotopic (exact) mass is 576 g/mol. The van der Waals surface area contributed by atoms with E-state index in [4.69, 9.17) is 5.73 Å². The van der Waals surface area contributed by atoms with Crippen molar-refractivity contribution in [3.63, 3.8) is 0 Å². The Morgan fingerprint density at radius 1 is 0.900 bits per heavy atom. The molecule has 3 aromatic carbocycles. The second-order valence-electron chi connectivity index (χ2n) is 7.49. The molecule has 214 valence electrons. The van der Waals surface area contributed by atoms with Crippen LogP contribution in [0.1, 0.15) is 24.2 Å². The van der Waals surface area contributed by atoms with Crippen LogP contribution in [0.15, 0.2) is 58.5 Å². The normalized spacial score (nSPS) is 12.4. The maximum atomic E-state index is 13.1. The third kappa shape index (κ3) is 8.68. The van der Waals surface area contributed by atoms with Gasteiger partial charge in [-0.2, -0.15) is 0 Å². The van der Waals surface area contributed by atoms with E-state index in [0.717, 1.165) is 18.2 Å². The highest BCUT2D eigenvalue weighted by atomic mass is 19.4. The van der Waals surface area contributed by atoms with Crippen LogP contribution in [-0.2, 0) is 9.53 Å². The quantitative estimate of drug-likeness (QED) is 0.0819. The lowest BCUT2D eigenvalue weighted by atomic mass is 10.1. The van der Waals surface area contributed by atoms with Gasteiger partial charge in [-0.05, 0) is 55.5 Å². The summed E-state index contributed by atoms with van der Waals surface area (Å²) in [5.74, 6) is -10.5. The molecule has 15 heteroatoms. The minimum Gasteiger partial charge on any atom is -0.460 e. The van der Waals surface area contributed by atoms with Crippen LogP contribution in [0.2, 0.25) is 0 Å². The molecular formula is C25H20F8N4O3. The van der Waals surface area contributed by atoms with Gasteiger partial charge in [-0.1, -0.05) is 0 Å². The number of halogens is 8. The molecule has 3 rings (SSSR count). The first-order chi connectivity index (χ1) is 18.8. The lowest BCUT2D eigenvalue weighted by Crippen LogP contribution is -2.16. The Bertz CT molecular complexity index is 1330. The number of carbonyl (C=O) groups excluding carboxylic acids is 1. The van der Waals surface area contributed by atoms with Crippen molar-refractivity contribution in [1.29, 1.82) is 0 Å². The summed E-state index contributed by atoms with van der Waals surface area (Å²) in [5, 5.41) is 2.99. The number of aliphatic imine (C=N–C) groups is 2. The van der Waals surface area contributed by atoms with Crippen LogP contribution in [0.5, 0.6) is 5.75 Å². The van der Waals surface area contributed by atoms with E-state index in [1.165, 1.54) is 30.6 Å². The van der Waals surface area contributed by atoms with Crippen molar-refractivity contribution in [2.45, 2.75) is 19.4 Å². The number of anilines is 1. The summed E-state index contributed by atoms with van der Waals surface area (Å²) in [4.78, 5) is 17.9. The van der Waals surface area contributed by atoms with Crippen molar-refractivity contribution < 1.29 is 49.4 Å². The number of ether oxygens (including phenoxy) is 2. The number of carbonyl (C=O) groups is 1. The second-order valence-corrected chi connectivity index (χ2v) is 7.49. The summed E-state index contributed by atoms with van der Waals surface area (Å²) in [6, 6.07) is 12.4. The minimum atomic E-state index is -4.72. The van der Waals surface area contributed by atoms with Gasteiger partial charge in [-0.25, -0.2) is 31.9 Å². The summed E-state index contributed by atoms with van der Waals surface area (Å²) >= 11 is 0. The Labute approximate surface area is 221 Å². The predicted molar refractivity (Wildman–Crippen MR) is 130 cm³/mol. The highest BCUT2D eigenvalue weighted by Crippen LogP contribution is 2.29. The van der Waals surface area contributed by atoms with Crippen LogP contribution in [-0.4, -0.2) is 32.1 Å². The first kappa shape index (κ1) is 31.5. The van der Waals surface area contributed by atoms with E-state index in [1.54, 1.807) is 0 Å². The average molecular weight is 576 g/mol. The first-order valence-electron chi connectivity index (χ1n) is 10.9. The third-order valence-corrected chi connectivity index (χ3v) is 4.85. The molecule has 0 aliphatic heterocycles. The lowest BCUT2D eigenvalue weighted by molar-refractivity contribution is -0.274. The maximum Gasteiger partial charge on any atom is 0.573 e. The van der Waals surface area contributed by atoms with Gasteiger partial charge in [0.15, 0.2) is 23.3 Å². The SMILES string of the molecule is CC(OC=O)c1c(F)c(F)c(F)c(F)c1F.CNc1ccc(C(N)=NC=Nc2ccc(OC(F)(F)F)cc2)cc1. The maximum absolute atomic E-state index is 13.1. The number of nitrogens with zero attached hydrogens (tertiary/aromatic N) is 2. The molecule has 3 aromatic rings. The van der Waals surface area contributed by atoms with Gasteiger partial charge in [0.2, 0.25) is 5.82 Å². The molecule has 0 heterocycles. The number of hydrogen-bond donors (Lipinski definition) is 2. The molecule has 7 nitrogen and oxygen atoms in total. The number of rotatable bonds is 8. The summed E-state index contributed by atoms with van der Waals surface area (Å²) in [6.07, 6.45) is -5.05.